The normalized spacial score (nSPS) is 26.2. The van der Waals surface area contributed by atoms with E-state index in [1.165, 1.54) is 22.7 Å². The topological polar surface area (TPSA) is 46.6 Å². The highest BCUT2D eigenvalue weighted by atomic mass is 32.2. The zero-order valence-corrected chi connectivity index (χ0v) is 11.2. The summed E-state index contributed by atoms with van der Waals surface area (Å²) < 4.78 is 43.1. The van der Waals surface area contributed by atoms with E-state index in [9.17, 15) is 12.8 Å². The molecule has 1 fully saturated rings. The maximum absolute atomic E-state index is 12.8. The molecule has 1 aromatic rings. The molecule has 0 aliphatic carbocycles. The van der Waals surface area contributed by atoms with Crippen molar-refractivity contribution >= 4 is 10.0 Å². The predicted molar refractivity (Wildman–Crippen MR) is 66.1 cm³/mol. The summed E-state index contributed by atoms with van der Waals surface area (Å²) in [6.45, 7) is 2.46. The van der Waals surface area contributed by atoms with E-state index in [2.05, 4.69) is 0 Å². The molecule has 0 bridgehead atoms. The Morgan fingerprint density at radius 1 is 1.28 bits per heavy atom. The quantitative estimate of drug-likeness (QED) is 0.821. The molecule has 0 saturated carbocycles. The lowest BCUT2D eigenvalue weighted by Crippen LogP contribution is -2.45. The highest BCUT2D eigenvalue weighted by Crippen LogP contribution is 2.26. The first-order valence-corrected chi connectivity index (χ1v) is 7.57. The van der Waals surface area contributed by atoms with Gasteiger partial charge in [-0.05, 0) is 24.6 Å². The van der Waals surface area contributed by atoms with Crippen LogP contribution < -0.4 is 0 Å². The molecule has 1 saturated heterocycles. The average molecular weight is 273 g/mol. The average Bonchev–Trinajstić information content (AvgIpc) is 2.28. The summed E-state index contributed by atoms with van der Waals surface area (Å²) in [6.07, 6.45) is 0.667. The van der Waals surface area contributed by atoms with Gasteiger partial charge in [-0.3, -0.25) is 0 Å². The van der Waals surface area contributed by atoms with E-state index < -0.39 is 10.0 Å². The molecule has 1 aromatic carbocycles. The van der Waals surface area contributed by atoms with Gasteiger partial charge < -0.3 is 4.74 Å². The van der Waals surface area contributed by atoms with Crippen LogP contribution in [0.1, 0.15) is 18.6 Å². The van der Waals surface area contributed by atoms with Crippen LogP contribution in [0.4, 0.5) is 4.39 Å². The van der Waals surface area contributed by atoms with Crippen molar-refractivity contribution in [2.24, 2.45) is 0 Å². The molecule has 0 radical (unpaired) electrons. The Morgan fingerprint density at radius 3 is 2.44 bits per heavy atom. The van der Waals surface area contributed by atoms with E-state index in [1.807, 2.05) is 6.92 Å². The number of hydrogen-bond donors (Lipinski definition) is 0. The third-order valence-electron chi connectivity index (χ3n) is 2.94. The van der Waals surface area contributed by atoms with Gasteiger partial charge in [-0.2, -0.15) is 4.31 Å². The van der Waals surface area contributed by atoms with Crippen LogP contribution in [0, 0.1) is 5.82 Å². The van der Waals surface area contributed by atoms with Gasteiger partial charge in [0, 0.05) is 13.1 Å². The Kier molecular flexibility index (Phi) is 3.70. The van der Waals surface area contributed by atoms with E-state index in [0.29, 0.717) is 6.54 Å². The summed E-state index contributed by atoms with van der Waals surface area (Å²) >= 11 is 0. The van der Waals surface area contributed by atoms with Crippen LogP contribution in [0.5, 0.6) is 0 Å². The van der Waals surface area contributed by atoms with Crippen molar-refractivity contribution in [2.75, 3.05) is 19.3 Å². The van der Waals surface area contributed by atoms with Gasteiger partial charge in [-0.25, -0.2) is 12.8 Å². The first-order chi connectivity index (χ1) is 8.36. The van der Waals surface area contributed by atoms with Crippen molar-refractivity contribution in [3.63, 3.8) is 0 Å². The second-order valence-electron chi connectivity index (χ2n) is 4.57. The fourth-order valence-corrected chi connectivity index (χ4v) is 2.93. The Labute approximate surface area is 106 Å². The first kappa shape index (κ1) is 13.5. The maximum atomic E-state index is 12.8. The molecular formula is C12H16FNO3S. The van der Waals surface area contributed by atoms with E-state index in [4.69, 9.17) is 4.74 Å². The predicted octanol–water partition coefficient (Wildman–Crippen LogP) is 1.55. The van der Waals surface area contributed by atoms with Gasteiger partial charge in [0.1, 0.15) is 5.82 Å². The van der Waals surface area contributed by atoms with Gasteiger partial charge in [0.05, 0.1) is 18.5 Å². The molecular weight excluding hydrogens is 257 g/mol. The zero-order chi connectivity index (χ0) is 13.3. The first-order valence-electron chi connectivity index (χ1n) is 5.72. The fraction of sp³-hybridized carbons (Fsp3) is 0.500. The Morgan fingerprint density at radius 2 is 1.89 bits per heavy atom. The number of halogens is 1. The monoisotopic (exact) mass is 273 g/mol. The summed E-state index contributed by atoms with van der Waals surface area (Å²) in [4.78, 5) is 0. The van der Waals surface area contributed by atoms with E-state index in [0.717, 1.165) is 5.56 Å². The zero-order valence-electron chi connectivity index (χ0n) is 10.3. The number of ether oxygens (including phenoxy) is 1. The van der Waals surface area contributed by atoms with Crippen LogP contribution >= 0.6 is 0 Å². The summed E-state index contributed by atoms with van der Waals surface area (Å²) in [7, 11) is -3.23. The summed E-state index contributed by atoms with van der Waals surface area (Å²) in [5, 5.41) is 0. The minimum Gasteiger partial charge on any atom is -0.368 e. The van der Waals surface area contributed by atoms with Crippen LogP contribution in [0.15, 0.2) is 24.3 Å². The standard InChI is InChI=1S/C12H16FNO3S/c1-9-7-14(18(2,15)16)8-12(17-9)10-3-5-11(13)6-4-10/h3-6,9,12H,7-8H2,1-2H3. The SMILES string of the molecule is CC1CN(S(C)(=O)=O)CC(c2ccc(F)cc2)O1. The molecule has 0 aromatic heterocycles. The van der Waals surface area contributed by atoms with Crippen molar-refractivity contribution in [3.05, 3.63) is 35.6 Å². The molecule has 1 aliphatic rings. The van der Waals surface area contributed by atoms with Gasteiger partial charge in [0.2, 0.25) is 10.0 Å². The molecule has 4 nitrogen and oxygen atoms in total. The summed E-state index contributed by atoms with van der Waals surface area (Å²) in [5.41, 5.74) is 0.789. The van der Waals surface area contributed by atoms with Crippen molar-refractivity contribution in [1.29, 1.82) is 0 Å². The molecule has 18 heavy (non-hydrogen) atoms. The van der Waals surface area contributed by atoms with Crippen molar-refractivity contribution < 1.29 is 17.5 Å². The number of nitrogens with zero attached hydrogens (tertiary/aromatic N) is 1. The van der Waals surface area contributed by atoms with Crippen LogP contribution in [-0.4, -0.2) is 38.2 Å². The lowest BCUT2D eigenvalue weighted by Gasteiger charge is -2.35. The fourth-order valence-electron chi connectivity index (χ4n) is 2.04. The van der Waals surface area contributed by atoms with Crippen LogP contribution in [-0.2, 0) is 14.8 Å². The Bertz CT molecular complexity index is 515. The van der Waals surface area contributed by atoms with Gasteiger partial charge >= 0.3 is 0 Å². The van der Waals surface area contributed by atoms with Crippen molar-refractivity contribution in [1.82, 2.24) is 4.31 Å². The van der Waals surface area contributed by atoms with E-state index >= 15 is 0 Å². The second-order valence-corrected chi connectivity index (χ2v) is 6.55. The summed E-state index contributed by atoms with van der Waals surface area (Å²) in [6, 6.07) is 5.95. The molecule has 2 rings (SSSR count). The molecule has 1 heterocycles. The molecule has 6 heteroatoms. The Balaban J connectivity index is 2.21. The number of hydrogen-bond acceptors (Lipinski definition) is 3. The van der Waals surface area contributed by atoms with Crippen LogP contribution in [0.25, 0.3) is 0 Å². The minimum atomic E-state index is -3.23. The number of sulfonamides is 1. The lowest BCUT2D eigenvalue weighted by molar-refractivity contribution is -0.0555. The van der Waals surface area contributed by atoms with Gasteiger partial charge in [-0.1, -0.05) is 12.1 Å². The van der Waals surface area contributed by atoms with Crippen LogP contribution in [0.2, 0.25) is 0 Å². The molecule has 2 unspecified atom stereocenters. The van der Waals surface area contributed by atoms with Crippen molar-refractivity contribution in [2.45, 2.75) is 19.1 Å². The molecule has 0 spiro atoms. The van der Waals surface area contributed by atoms with Gasteiger partial charge in [-0.15, -0.1) is 0 Å². The minimum absolute atomic E-state index is 0.177. The van der Waals surface area contributed by atoms with Gasteiger partial charge in [0.15, 0.2) is 0 Å². The highest BCUT2D eigenvalue weighted by molar-refractivity contribution is 7.88. The maximum Gasteiger partial charge on any atom is 0.211 e. The lowest BCUT2D eigenvalue weighted by atomic mass is 10.1. The number of morpholine rings is 1. The Hall–Kier alpha value is -0.980. The molecule has 0 N–H and O–H groups in total. The van der Waals surface area contributed by atoms with Crippen LogP contribution in [0.3, 0.4) is 0 Å². The van der Waals surface area contributed by atoms with Gasteiger partial charge in [0.25, 0.3) is 0 Å². The summed E-state index contributed by atoms with van der Waals surface area (Å²) in [5.74, 6) is -0.317. The second kappa shape index (κ2) is 4.95. The number of rotatable bonds is 2. The third kappa shape index (κ3) is 3.07. The van der Waals surface area contributed by atoms with Crippen molar-refractivity contribution in [3.8, 4) is 0 Å². The molecule has 0 amide bonds. The largest absolute Gasteiger partial charge is 0.368 e. The van der Waals surface area contributed by atoms with E-state index in [-0.39, 0.29) is 24.6 Å². The molecule has 1 aliphatic heterocycles. The van der Waals surface area contributed by atoms with E-state index in [1.54, 1.807) is 12.1 Å². The highest BCUT2D eigenvalue weighted by Gasteiger charge is 2.31. The third-order valence-corrected chi connectivity index (χ3v) is 4.17. The number of benzene rings is 1. The molecule has 100 valence electrons. The smallest absolute Gasteiger partial charge is 0.211 e. The molecule has 2 atom stereocenters.